The number of fused-ring (bicyclic) bond motifs is 1. The van der Waals surface area contributed by atoms with Crippen molar-refractivity contribution in [3.8, 4) is 11.3 Å². The summed E-state index contributed by atoms with van der Waals surface area (Å²) in [5.74, 6) is 0.218. The first-order valence-electron chi connectivity index (χ1n) is 14.3. The van der Waals surface area contributed by atoms with Gasteiger partial charge in [-0.2, -0.15) is 0 Å². The molecule has 1 amide bonds. The molecule has 40 heavy (non-hydrogen) atoms. The van der Waals surface area contributed by atoms with Crippen LogP contribution in [0.15, 0.2) is 41.3 Å². The molecule has 1 aliphatic carbocycles. The first-order valence-corrected chi connectivity index (χ1v) is 16.2. The van der Waals surface area contributed by atoms with E-state index >= 15 is 0 Å². The molecule has 2 aliphatic rings. The third-order valence-corrected chi connectivity index (χ3v) is 10.1. The van der Waals surface area contributed by atoms with Crippen LogP contribution in [0.25, 0.3) is 22.0 Å². The molecule has 1 aliphatic heterocycles. The van der Waals surface area contributed by atoms with E-state index in [2.05, 4.69) is 10.0 Å². The molecule has 216 valence electrons. The van der Waals surface area contributed by atoms with Gasteiger partial charge < -0.3 is 14.6 Å². The first kappa shape index (κ1) is 29.6. The Morgan fingerprint density at radius 2 is 1.68 bits per heavy atom. The molecule has 9 heteroatoms. The van der Waals surface area contributed by atoms with Crippen LogP contribution in [0.3, 0.4) is 0 Å². The zero-order chi connectivity index (χ0) is 28.4. The van der Waals surface area contributed by atoms with Crippen LogP contribution in [0, 0.1) is 5.92 Å². The third-order valence-electron chi connectivity index (χ3n) is 7.83. The molecule has 1 saturated heterocycles. The third kappa shape index (κ3) is 6.44. The van der Waals surface area contributed by atoms with E-state index in [1.165, 1.54) is 19.3 Å². The lowest BCUT2D eigenvalue weighted by molar-refractivity contribution is 0.0696. The lowest BCUT2D eigenvalue weighted by Gasteiger charge is -2.24. The van der Waals surface area contributed by atoms with Crippen molar-refractivity contribution in [3.63, 3.8) is 0 Å². The topological polar surface area (TPSA) is 72.4 Å². The Hall–Kier alpha value is -1.90. The number of rotatable bonds is 7. The van der Waals surface area contributed by atoms with Crippen molar-refractivity contribution in [1.29, 1.82) is 0 Å². The fourth-order valence-electron chi connectivity index (χ4n) is 5.89. The lowest BCUT2D eigenvalue weighted by Crippen LogP contribution is -2.39. The summed E-state index contributed by atoms with van der Waals surface area (Å²) in [4.78, 5) is 14.3. The maximum Gasteiger partial charge on any atom is 0.256 e. The highest BCUT2D eigenvalue weighted by atomic mass is 35.5. The number of ether oxygens (including phenoxy) is 1. The van der Waals surface area contributed by atoms with E-state index < -0.39 is 11.0 Å². The van der Waals surface area contributed by atoms with Gasteiger partial charge in [0.25, 0.3) is 5.91 Å². The molecule has 2 heterocycles. The van der Waals surface area contributed by atoms with E-state index in [9.17, 15) is 9.00 Å². The number of carbonyl (C=O) groups is 1. The van der Waals surface area contributed by atoms with Crippen LogP contribution in [0.1, 0.15) is 76.1 Å². The van der Waals surface area contributed by atoms with Gasteiger partial charge in [-0.3, -0.25) is 4.79 Å². The summed E-state index contributed by atoms with van der Waals surface area (Å²) >= 11 is 14.2. The van der Waals surface area contributed by atoms with Gasteiger partial charge in [-0.15, -0.1) is 0 Å². The molecule has 2 N–H and O–H groups in total. The number of hydrogen-bond acceptors (Lipinski definition) is 3. The van der Waals surface area contributed by atoms with Gasteiger partial charge in [0.05, 0.1) is 21.2 Å². The van der Waals surface area contributed by atoms with Crippen LogP contribution < -0.4 is 10.0 Å². The number of hydrogen-bond donors (Lipinski definition) is 2. The number of aromatic nitrogens is 1. The minimum atomic E-state index is -1.41. The van der Waals surface area contributed by atoms with Gasteiger partial charge in [0.1, 0.15) is 16.1 Å². The number of nitrogens with zero attached hydrogens (tertiary/aromatic N) is 1. The van der Waals surface area contributed by atoms with Crippen molar-refractivity contribution in [1.82, 2.24) is 14.6 Å². The van der Waals surface area contributed by atoms with Gasteiger partial charge in [-0.25, -0.2) is 8.93 Å². The van der Waals surface area contributed by atoms with Gasteiger partial charge >= 0.3 is 0 Å². The maximum absolute atomic E-state index is 13.6. The number of carbonyl (C=O) groups excluding carboxylic acids is 1. The molecule has 1 atom stereocenters. The molecule has 5 rings (SSSR count). The summed E-state index contributed by atoms with van der Waals surface area (Å²) in [5, 5.41) is 5.67. The predicted octanol–water partition coefficient (Wildman–Crippen LogP) is 7.51. The van der Waals surface area contributed by atoms with Gasteiger partial charge in [0.2, 0.25) is 0 Å². The molecule has 6 nitrogen and oxygen atoms in total. The van der Waals surface area contributed by atoms with Crippen molar-refractivity contribution in [3.05, 3.63) is 52.1 Å². The average molecular weight is 605 g/mol. The average Bonchev–Trinajstić information content (AvgIpc) is 3.16. The van der Waals surface area contributed by atoms with E-state index in [0.29, 0.717) is 46.3 Å². The zero-order valence-electron chi connectivity index (χ0n) is 23.5. The van der Waals surface area contributed by atoms with E-state index in [0.717, 1.165) is 47.7 Å². The van der Waals surface area contributed by atoms with Crippen LogP contribution in [-0.2, 0) is 22.3 Å². The normalized spacial score (nSPS) is 18.2. The molecule has 0 spiro atoms. The second-order valence-corrected chi connectivity index (χ2v) is 14.0. The number of halogens is 2. The molecule has 2 aromatic carbocycles. The maximum atomic E-state index is 13.6. The van der Waals surface area contributed by atoms with Crippen LogP contribution in [0.5, 0.6) is 0 Å². The predicted molar refractivity (Wildman–Crippen MR) is 165 cm³/mol. The second-order valence-electron chi connectivity index (χ2n) is 12.1. The minimum Gasteiger partial charge on any atom is -0.381 e. The summed E-state index contributed by atoms with van der Waals surface area (Å²) in [6, 6.07) is 11.8. The fraction of sp³-hybridized carbons (Fsp3) is 0.516. The minimum absolute atomic E-state index is 0.0314. The monoisotopic (exact) mass is 603 g/mol. The second kappa shape index (κ2) is 12.5. The first-order chi connectivity index (χ1) is 19.1. The van der Waals surface area contributed by atoms with E-state index in [-0.39, 0.29) is 17.5 Å². The Kier molecular flexibility index (Phi) is 9.27. The molecule has 0 radical (unpaired) electrons. The zero-order valence-corrected chi connectivity index (χ0v) is 25.9. The van der Waals surface area contributed by atoms with Crippen molar-refractivity contribution in [2.24, 2.45) is 5.92 Å². The Morgan fingerprint density at radius 3 is 2.35 bits per heavy atom. The van der Waals surface area contributed by atoms with Crippen LogP contribution >= 0.6 is 23.2 Å². The van der Waals surface area contributed by atoms with Crippen molar-refractivity contribution >= 4 is 50.9 Å². The van der Waals surface area contributed by atoms with Gasteiger partial charge in [-0.1, -0.05) is 72.8 Å². The quantitative estimate of drug-likeness (QED) is 0.293. The molecule has 1 unspecified atom stereocenters. The summed E-state index contributed by atoms with van der Waals surface area (Å²) in [6.45, 7) is 7.94. The number of nitrogens with one attached hydrogen (secondary N) is 2. The molecule has 3 aromatic rings. The van der Waals surface area contributed by atoms with Gasteiger partial charge in [0.15, 0.2) is 0 Å². The number of benzene rings is 2. The lowest BCUT2D eigenvalue weighted by atomic mass is 9.89. The van der Waals surface area contributed by atoms with E-state index in [4.69, 9.17) is 27.9 Å². The molecular weight excluding hydrogens is 565 g/mol. The Labute approximate surface area is 249 Å². The van der Waals surface area contributed by atoms with Crippen LogP contribution in [0.4, 0.5) is 0 Å². The molecule has 2 fully saturated rings. The van der Waals surface area contributed by atoms with E-state index in [1.54, 1.807) is 0 Å². The highest BCUT2D eigenvalue weighted by molar-refractivity contribution is 7.83. The summed E-state index contributed by atoms with van der Waals surface area (Å²) < 4.78 is 24.0. The van der Waals surface area contributed by atoms with Crippen molar-refractivity contribution in [2.45, 2.75) is 88.7 Å². The highest BCUT2D eigenvalue weighted by Gasteiger charge is 2.31. The molecular formula is C31H39Cl2N3O3S. The van der Waals surface area contributed by atoms with Crippen molar-refractivity contribution in [2.75, 3.05) is 13.2 Å². The molecule has 1 aromatic heterocycles. The van der Waals surface area contributed by atoms with E-state index in [1.807, 2.05) is 61.7 Å². The Balaban J connectivity index is 1.62. The standard InChI is InChI=1S/C31H39Cl2N3O3S/c1-31(2,3)35-40(38)25-14-13-24(22-11-7-8-12-23(22)25)28-27(32)26(30(37)34-21-15-17-39-18-16-21)29(33)36(28)19-20-9-5-4-6-10-20/h7-8,11-14,20-21,35H,4-6,9-10,15-19H2,1-3H3,(H,34,37). The Bertz CT molecular complexity index is 1400. The number of amides is 1. The Morgan fingerprint density at radius 1 is 1.00 bits per heavy atom. The summed E-state index contributed by atoms with van der Waals surface area (Å²) in [5.41, 5.74) is 1.63. The van der Waals surface area contributed by atoms with Crippen LogP contribution in [0.2, 0.25) is 10.2 Å². The van der Waals surface area contributed by atoms with Gasteiger partial charge in [0, 0.05) is 36.9 Å². The van der Waals surface area contributed by atoms with Gasteiger partial charge in [-0.05, 0) is 69.2 Å². The largest absolute Gasteiger partial charge is 0.381 e. The molecule has 1 saturated carbocycles. The summed E-state index contributed by atoms with van der Waals surface area (Å²) in [6.07, 6.45) is 7.46. The fourth-order valence-corrected chi connectivity index (χ4v) is 7.89. The highest BCUT2D eigenvalue weighted by Crippen LogP contribution is 2.43. The SMILES string of the molecule is CC(C)(C)NS(=O)c1ccc(-c2c(Cl)c(C(=O)NC3CCOCC3)c(Cl)n2CC2CCCCC2)c2ccccc12. The smallest absolute Gasteiger partial charge is 0.256 e. The van der Waals surface area contributed by atoms with Crippen LogP contribution in [-0.4, -0.2) is 39.5 Å². The summed E-state index contributed by atoms with van der Waals surface area (Å²) in [7, 11) is -1.41. The van der Waals surface area contributed by atoms with Crippen molar-refractivity contribution < 1.29 is 13.7 Å². The molecule has 0 bridgehead atoms.